The van der Waals surface area contributed by atoms with E-state index >= 15 is 0 Å². The molecule has 0 aliphatic heterocycles. The molecule has 0 radical (unpaired) electrons. The first kappa shape index (κ1) is 21.6. The summed E-state index contributed by atoms with van der Waals surface area (Å²) in [6.45, 7) is 2.40. The second-order valence-corrected chi connectivity index (χ2v) is 8.37. The molecule has 2 amide bonds. The molecule has 0 fully saturated rings. The minimum absolute atomic E-state index is 0.0705. The lowest BCUT2D eigenvalue weighted by molar-refractivity contribution is -0.118. The van der Waals surface area contributed by atoms with E-state index in [2.05, 4.69) is 15.6 Å². The third kappa shape index (κ3) is 5.15. The molecule has 7 nitrogen and oxygen atoms in total. The Hall–Kier alpha value is -3.65. The van der Waals surface area contributed by atoms with Gasteiger partial charge < -0.3 is 19.9 Å². The van der Waals surface area contributed by atoms with Crippen LogP contribution in [0.4, 0.5) is 5.69 Å². The number of nitrogens with one attached hydrogen (secondary N) is 2. The van der Waals surface area contributed by atoms with Crippen molar-refractivity contribution in [2.45, 2.75) is 13.3 Å². The van der Waals surface area contributed by atoms with Gasteiger partial charge in [0.25, 0.3) is 11.8 Å². The number of aromatic nitrogens is 2. The Kier molecular flexibility index (Phi) is 6.51. The van der Waals surface area contributed by atoms with Crippen LogP contribution < -0.4 is 15.4 Å². The number of carbonyl (C=O) groups is 2. The zero-order valence-electron chi connectivity index (χ0n) is 17.9. The van der Waals surface area contributed by atoms with Gasteiger partial charge in [-0.05, 0) is 54.3 Å². The number of thiophene rings is 1. The quantitative estimate of drug-likeness (QED) is 0.428. The molecule has 0 aliphatic rings. The van der Waals surface area contributed by atoms with Gasteiger partial charge in [-0.1, -0.05) is 18.2 Å². The summed E-state index contributed by atoms with van der Waals surface area (Å²) in [5.41, 5.74) is 3.47. The highest BCUT2D eigenvalue weighted by molar-refractivity contribution is 7.12. The van der Waals surface area contributed by atoms with E-state index in [-0.39, 0.29) is 18.4 Å². The predicted octanol–water partition coefficient (Wildman–Crippen LogP) is 3.93. The van der Waals surface area contributed by atoms with Crippen molar-refractivity contribution < 1.29 is 14.3 Å². The van der Waals surface area contributed by atoms with Crippen LogP contribution in [0.1, 0.15) is 21.1 Å². The van der Waals surface area contributed by atoms with Crippen molar-refractivity contribution in [3.05, 3.63) is 76.2 Å². The molecule has 2 aromatic carbocycles. The van der Waals surface area contributed by atoms with E-state index in [4.69, 9.17) is 4.74 Å². The lowest BCUT2D eigenvalue weighted by Crippen LogP contribution is -2.25. The number of fused-ring (bicyclic) bond motifs is 1. The van der Waals surface area contributed by atoms with E-state index in [0.717, 1.165) is 22.4 Å². The molecule has 2 aromatic heterocycles. The zero-order chi connectivity index (χ0) is 22.5. The third-order valence-corrected chi connectivity index (χ3v) is 5.86. The molecule has 164 valence electrons. The van der Waals surface area contributed by atoms with Gasteiger partial charge in [0, 0.05) is 25.7 Å². The molecule has 2 heterocycles. The summed E-state index contributed by atoms with van der Waals surface area (Å²) in [5.74, 6) is 1.21. The highest BCUT2D eigenvalue weighted by Gasteiger charge is 2.11. The molecule has 2 N–H and O–H groups in total. The highest BCUT2D eigenvalue weighted by atomic mass is 32.1. The Morgan fingerprint density at radius 2 is 2.00 bits per heavy atom. The van der Waals surface area contributed by atoms with Crippen LogP contribution in [0.15, 0.2) is 60.0 Å². The van der Waals surface area contributed by atoms with E-state index < -0.39 is 0 Å². The van der Waals surface area contributed by atoms with Crippen molar-refractivity contribution in [3.8, 4) is 5.75 Å². The van der Waals surface area contributed by atoms with E-state index in [1.165, 1.54) is 11.3 Å². The second kappa shape index (κ2) is 9.65. The lowest BCUT2D eigenvalue weighted by Gasteiger charge is -2.08. The van der Waals surface area contributed by atoms with E-state index in [0.29, 0.717) is 29.3 Å². The van der Waals surface area contributed by atoms with Gasteiger partial charge in [0.05, 0.1) is 15.9 Å². The number of amides is 2. The summed E-state index contributed by atoms with van der Waals surface area (Å²) in [5, 5.41) is 7.65. The zero-order valence-corrected chi connectivity index (χ0v) is 18.7. The first-order valence-electron chi connectivity index (χ1n) is 10.3. The van der Waals surface area contributed by atoms with Crippen LogP contribution in [0.3, 0.4) is 0 Å². The number of carbonyl (C=O) groups excluding carboxylic acids is 2. The van der Waals surface area contributed by atoms with Gasteiger partial charge in [-0.3, -0.25) is 9.59 Å². The summed E-state index contributed by atoms with van der Waals surface area (Å²) < 4.78 is 7.56. The number of ether oxygens (including phenoxy) is 1. The van der Waals surface area contributed by atoms with E-state index in [9.17, 15) is 9.59 Å². The SMILES string of the molecule is Cc1cccc(OCC(=O)Nc2ccc3c(c2)nc(CCNC(=O)c2cccs2)n3C)c1. The minimum Gasteiger partial charge on any atom is -0.484 e. The standard InChI is InChI=1S/C24H24N4O3S/c1-16-5-3-6-18(13-16)31-15-23(29)26-17-8-9-20-19(14-17)27-22(28(20)2)10-11-25-24(30)21-7-4-12-32-21/h3-9,12-14H,10-11,15H2,1-2H3,(H,25,30)(H,26,29). The van der Waals surface area contributed by atoms with Gasteiger partial charge in [0.1, 0.15) is 11.6 Å². The molecule has 0 atom stereocenters. The lowest BCUT2D eigenvalue weighted by atomic mass is 10.2. The van der Waals surface area contributed by atoms with Crippen LogP contribution in [0.25, 0.3) is 11.0 Å². The maximum atomic E-state index is 12.3. The second-order valence-electron chi connectivity index (χ2n) is 7.43. The smallest absolute Gasteiger partial charge is 0.262 e. The normalized spacial score (nSPS) is 10.8. The molecule has 0 bridgehead atoms. The molecule has 0 saturated carbocycles. The topological polar surface area (TPSA) is 85.2 Å². The summed E-state index contributed by atoms with van der Waals surface area (Å²) in [4.78, 5) is 29.7. The van der Waals surface area contributed by atoms with Gasteiger partial charge in [-0.25, -0.2) is 4.98 Å². The predicted molar refractivity (Wildman–Crippen MR) is 126 cm³/mol. The Bertz CT molecular complexity index is 1250. The largest absolute Gasteiger partial charge is 0.484 e. The number of hydrogen-bond acceptors (Lipinski definition) is 5. The molecular formula is C24H24N4O3S. The number of aryl methyl sites for hydroxylation is 2. The molecule has 0 unspecified atom stereocenters. The number of anilines is 1. The molecule has 4 rings (SSSR count). The van der Waals surface area contributed by atoms with Crippen molar-refractivity contribution in [3.63, 3.8) is 0 Å². The van der Waals surface area contributed by atoms with E-state index in [1.807, 2.05) is 72.4 Å². The average Bonchev–Trinajstić information content (AvgIpc) is 3.41. The van der Waals surface area contributed by atoms with Crippen LogP contribution in [0.2, 0.25) is 0 Å². The summed E-state index contributed by atoms with van der Waals surface area (Å²) in [6.07, 6.45) is 0.605. The van der Waals surface area contributed by atoms with Crippen LogP contribution in [0, 0.1) is 6.92 Å². The molecule has 0 aliphatic carbocycles. The van der Waals surface area contributed by atoms with E-state index in [1.54, 1.807) is 6.07 Å². The van der Waals surface area contributed by atoms with Gasteiger partial charge in [0.15, 0.2) is 6.61 Å². The van der Waals surface area contributed by atoms with Crippen molar-refractivity contribution >= 4 is 39.9 Å². The number of rotatable bonds is 8. The average molecular weight is 449 g/mol. The fourth-order valence-corrected chi connectivity index (χ4v) is 4.02. The van der Waals surface area contributed by atoms with Crippen LogP contribution >= 0.6 is 11.3 Å². The van der Waals surface area contributed by atoms with Crippen molar-refractivity contribution in [1.82, 2.24) is 14.9 Å². The summed E-state index contributed by atoms with van der Waals surface area (Å²) >= 11 is 1.42. The van der Waals surface area contributed by atoms with Crippen molar-refractivity contribution in [1.29, 1.82) is 0 Å². The van der Waals surface area contributed by atoms with Gasteiger partial charge in [-0.15, -0.1) is 11.3 Å². The number of hydrogen-bond donors (Lipinski definition) is 2. The highest BCUT2D eigenvalue weighted by Crippen LogP contribution is 2.20. The minimum atomic E-state index is -0.238. The van der Waals surface area contributed by atoms with Crippen molar-refractivity contribution in [2.24, 2.45) is 7.05 Å². The van der Waals surface area contributed by atoms with Crippen molar-refractivity contribution in [2.75, 3.05) is 18.5 Å². The Balaban J connectivity index is 1.35. The Labute approximate surface area is 190 Å². The maximum absolute atomic E-state index is 12.3. The summed E-state index contributed by atoms with van der Waals surface area (Å²) in [7, 11) is 1.94. The molecule has 0 spiro atoms. The van der Waals surface area contributed by atoms with Crippen LogP contribution in [0.5, 0.6) is 5.75 Å². The first-order valence-corrected chi connectivity index (χ1v) is 11.1. The van der Waals surface area contributed by atoms with Gasteiger partial charge in [0.2, 0.25) is 0 Å². The third-order valence-electron chi connectivity index (χ3n) is 5.00. The Morgan fingerprint density at radius 1 is 1.12 bits per heavy atom. The Morgan fingerprint density at radius 3 is 2.78 bits per heavy atom. The fraction of sp³-hybridized carbons (Fsp3) is 0.208. The molecule has 0 saturated heterocycles. The number of benzene rings is 2. The number of imidazole rings is 1. The maximum Gasteiger partial charge on any atom is 0.262 e. The van der Waals surface area contributed by atoms with Crippen LogP contribution in [-0.2, 0) is 18.3 Å². The molecule has 4 aromatic rings. The molecule has 8 heteroatoms. The molecule has 32 heavy (non-hydrogen) atoms. The van der Waals surface area contributed by atoms with Crippen LogP contribution in [-0.4, -0.2) is 34.5 Å². The van der Waals surface area contributed by atoms with Gasteiger partial charge >= 0.3 is 0 Å². The van der Waals surface area contributed by atoms with Gasteiger partial charge in [-0.2, -0.15) is 0 Å². The molecular weight excluding hydrogens is 424 g/mol. The first-order chi connectivity index (χ1) is 15.5. The monoisotopic (exact) mass is 448 g/mol. The fourth-order valence-electron chi connectivity index (χ4n) is 3.38. The number of nitrogens with zero attached hydrogens (tertiary/aromatic N) is 2. The summed E-state index contributed by atoms with van der Waals surface area (Å²) in [6, 6.07) is 16.8.